The van der Waals surface area contributed by atoms with Gasteiger partial charge in [0.25, 0.3) is 0 Å². The van der Waals surface area contributed by atoms with Crippen LogP contribution in [-0.2, 0) is 0 Å². The average Bonchev–Trinajstić information content (AvgIpc) is 2.32. The second kappa shape index (κ2) is 3.20. The Labute approximate surface area is 64.4 Å². The number of nitrogens with zero attached hydrogens (tertiary/aromatic N) is 2. The van der Waals surface area contributed by atoms with Gasteiger partial charge < -0.3 is 11.5 Å². The Hall–Kier alpha value is -0.600. The topological polar surface area (TPSA) is 130 Å². The molecule has 8 N–H and O–H groups in total. The van der Waals surface area contributed by atoms with Gasteiger partial charge in [0.1, 0.15) is 6.17 Å². The lowest BCUT2D eigenvalue weighted by Gasteiger charge is -2.20. The van der Waals surface area contributed by atoms with Crippen molar-refractivity contribution in [3.63, 3.8) is 0 Å². The van der Waals surface area contributed by atoms with Gasteiger partial charge in [-0.1, -0.05) is 0 Å². The van der Waals surface area contributed by atoms with Gasteiger partial charge in [0, 0.05) is 0 Å². The van der Waals surface area contributed by atoms with Crippen LogP contribution >= 0.6 is 0 Å². The summed E-state index contributed by atoms with van der Waals surface area (Å²) in [5.74, 6) is 5.45. The van der Waals surface area contributed by atoms with Gasteiger partial charge in [-0.05, 0) is 0 Å². The van der Waals surface area contributed by atoms with Crippen LogP contribution in [0.3, 0.4) is 0 Å². The van der Waals surface area contributed by atoms with Crippen molar-refractivity contribution in [1.29, 1.82) is 5.53 Å². The first-order valence-electron chi connectivity index (χ1n) is 3.29. The molecule has 0 aromatic rings. The normalized spacial score (nSPS) is 35.5. The molecule has 0 amide bonds. The fraction of sp³-hybridized carbons (Fsp3) is 1.00. The molecular weight excluding hydrogens is 146 g/mol. The number of hydrazine groups is 1. The predicted molar refractivity (Wildman–Crippen MR) is 38.9 cm³/mol. The Morgan fingerprint density at radius 2 is 2.36 bits per heavy atom. The van der Waals surface area contributed by atoms with E-state index in [2.05, 4.69) is 10.4 Å². The largest absolute Gasteiger partial charge is 0.313 e. The van der Waals surface area contributed by atoms with Crippen molar-refractivity contribution >= 4 is 0 Å². The molecule has 7 heteroatoms. The molecule has 1 saturated heterocycles. The van der Waals surface area contributed by atoms with Crippen molar-refractivity contribution in [3.05, 3.63) is 0 Å². The van der Waals surface area contributed by atoms with E-state index < -0.39 is 6.17 Å². The van der Waals surface area contributed by atoms with E-state index in [0.29, 0.717) is 6.67 Å². The Kier molecular flexibility index (Phi) is 2.47. The van der Waals surface area contributed by atoms with Crippen molar-refractivity contribution < 1.29 is 0 Å². The molecule has 1 heterocycles. The molecule has 0 saturated carbocycles. The minimum absolute atomic E-state index is 0.225. The lowest BCUT2D eigenvalue weighted by atomic mass is 10.2. The fourth-order valence-electron chi connectivity index (χ4n) is 1.05. The third-order valence-corrected chi connectivity index (χ3v) is 1.78. The minimum atomic E-state index is -0.612. The highest BCUT2D eigenvalue weighted by molar-refractivity contribution is 4.89. The molecule has 0 aliphatic carbocycles. The summed E-state index contributed by atoms with van der Waals surface area (Å²) in [7, 11) is 0. The maximum absolute atomic E-state index is 6.67. The summed E-state index contributed by atoms with van der Waals surface area (Å²) in [4.78, 5) is 0. The summed E-state index contributed by atoms with van der Waals surface area (Å²) in [5.41, 5.74) is 17.7. The second-order valence-corrected chi connectivity index (χ2v) is 2.51. The van der Waals surface area contributed by atoms with Gasteiger partial charge in [-0.15, -0.1) is 0 Å². The SMILES string of the molecule is N=NC(N)C1NCN(N)C1N. The summed E-state index contributed by atoms with van der Waals surface area (Å²) >= 11 is 0. The van der Waals surface area contributed by atoms with Gasteiger partial charge in [-0.2, -0.15) is 5.11 Å². The molecule has 0 radical (unpaired) electrons. The third-order valence-electron chi connectivity index (χ3n) is 1.78. The Morgan fingerprint density at radius 1 is 1.73 bits per heavy atom. The van der Waals surface area contributed by atoms with E-state index in [1.807, 2.05) is 0 Å². The van der Waals surface area contributed by atoms with E-state index >= 15 is 0 Å². The third kappa shape index (κ3) is 1.52. The molecule has 1 aliphatic heterocycles. The van der Waals surface area contributed by atoms with Gasteiger partial charge >= 0.3 is 0 Å². The lowest BCUT2D eigenvalue weighted by molar-refractivity contribution is 0.247. The monoisotopic (exact) mass is 159 g/mol. The van der Waals surface area contributed by atoms with E-state index in [4.69, 9.17) is 22.8 Å². The van der Waals surface area contributed by atoms with Crippen LogP contribution in [-0.4, -0.2) is 30.1 Å². The lowest BCUT2D eigenvalue weighted by Crippen LogP contribution is -2.53. The average molecular weight is 159 g/mol. The smallest absolute Gasteiger partial charge is 0.136 e. The molecule has 1 fully saturated rings. The molecule has 0 bridgehead atoms. The zero-order valence-electron chi connectivity index (χ0n) is 6.07. The summed E-state index contributed by atoms with van der Waals surface area (Å²) < 4.78 is 0. The molecule has 3 unspecified atom stereocenters. The number of hydrogen-bond acceptors (Lipinski definition) is 7. The molecule has 0 aromatic carbocycles. The fourth-order valence-corrected chi connectivity index (χ4v) is 1.05. The van der Waals surface area contributed by atoms with Crippen molar-refractivity contribution in [2.75, 3.05) is 6.67 Å². The van der Waals surface area contributed by atoms with E-state index in [1.165, 1.54) is 5.01 Å². The first-order valence-corrected chi connectivity index (χ1v) is 3.29. The van der Waals surface area contributed by atoms with E-state index in [-0.39, 0.29) is 12.2 Å². The van der Waals surface area contributed by atoms with Gasteiger partial charge in [-0.25, -0.2) is 10.5 Å². The Morgan fingerprint density at radius 3 is 2.73 bits per heavy atom. The molecule has 1 aliphatic rings. The second-order valence-electron chi connectivity index (χ2n) is 2.51. The van der Waals surface area contributed by atoms with Gasteiger partial charge in [-0.3, -0.25) is 11.2 Å². The Bertz CT molecular complexity index is 147. The summed E-state index contributed by atoms with van der Waals surface area (Å²) in [5, 5.41) is 7.53. The number of nitrogens with two attached hydrogens (primary N) is 3. The molecule has 7 nitrogen and oxygen atoms in total. The highest BCUT2D eigenvalue weighted by Gasteiger charge is 2.33. The van der Waals surface area contributed by atoms with Gasteiger partial charge in [0.15, 0.2) is 0 Å². The molecule has 0 aromatic heterocycles. The van der Waals surface area contributed by atoms with Crippen LogP contribution in [0.5, 0.6) is 0 Å². The number of rotatable bonds is 2. The van der Waals surface area contributed by atoms with Crippen molar-refractivity contribution in [1.82, 2.24) is 10.3 Å². The molecular formula is C4H13N7. The van der Waals surface area contributed by atoms with Crippen LogP contribution in [0.4, 0.5) is 0 Å². The van der Waals surface area contributed by atoms with Crippen LogP contribution in [0.1, 0.15) is 0 Å². The van der Waals surface area contributed by atoms with Crippen LogP contribution in [0.2, 0.25) is 0 Å². The van der Waals surface area contributed by atoms with E-state index in [0.717, 1.165) is 0 Å². The van der Waals surface area contributed by atoms with Gasteiger partial charge in [0.2, 0.25) is 0 Å². The van der Waals surface area contributed by atoms with Crippen molar-refractivity contribution in [2.45, 2.75) is 18.4 Å². The summed E-state index contributed by atoms with van der Waals surface area (Å²) in [6, 6.07) is -0.225. The molecule has 64 valence electrons. The van der Waals surface area contributed by atoms with E-state index in [1.54, 1.807) is 0 Å². The zero-order valence-corrected chi connectivity index (χ0v) is 6.07. The quantitative estimate of drug-likeness (QED) is 0.228. The standard InChI is InChI=1S/C4H13N7/c5-3(10-7)2-4(6)11(8)1-9-2/h2-4,7,9H,1,5-6,8H2. The minimum Gasteiger partial charge on any atom is -0.313 e. The molecule has 1 rings (SSSR count). The van der Waals surface area contributed by atoms with Crippen LogP contribution in [0.25, 0.3) is 0 Å². The predicted octanol–water partition coefficient (Wildman–Crippen LogP) is -2.31. The van der Waals surface area contributed by atoms with E-state index in [9.17, 15) is 0 Å². The maximum Gasteiger partial charge on any atom is 0.136 e. The summed E-state index contributed by atoms with van der Waals surface area (Å²) in [6.45, 7) is 0.481. The molecule has 0 spiro atoms. The zero-order chi connectivity index (χ0) is 8.43. The van der Waals surface area contributed by atoms with Crippen molar-refractivity contribution in [2.24, 2.45) is 22.4 Å². The first kappa shape index (κ1) is 8.50. The van der Waals surface area contributed by atoms with Gasteiger partial charge in [0.05, 0.1) is 18.9 Å². The first-order chi connectivity index (χ1) is 5.16. The van der Waals surface area contributed by atoms with Crippen LogP contribution < -0.4 is 22.6 Å². The molecule has 3 atom stereocenters. The van der Waals surface area contributed by atoms with Crippen molar-refractivity contribution in [3.8, 4) is 0 Å². The van der Waals surface area contributed by atoms with Crippen LogP contribution in [0.15, 0.2) is 5.11 Å². The maximum atomic E-state index is 6.67. The highest BCUT2D eigenvalue weighted by atomic mass is 15.5. The Balaban J connectivity index is 2.54. The molecule has 11 heavy (non-hydrogen) atoms. The highest BCUT2D eigenvalue weighted by Crippen LogP contribution is 2.05. The summed E-state index contributed by atoms with van der Waals surface area (Å²) in [6.07, 6.45) is -0.974. The number of hydrogen-bond donors (Lipinski definition) is 5. The number of nitrogens with one attached hydrogen (secondary N) is 2. The van der Waals surface area contributed by atoms with Crippen LogP contribution in [0, 0.1) is 5.53 Å².